The van der Waals surface area contributed by atoms with Gasteiger partial charge in [-0.25, -0.2) is 4.79 Å². The number of phenolic OH excluding ortho intramolecular Hbond substituents is 1. The molecule has 1 atom stereocenters. The van der Waals surface area contributed by atoms with Gasteiger partial charge in [0.05, 0.1) is 28.7 Å². The molecule has 0 spiro atoms. The van der Waals surface area contributed by atoms with Gasteiger partial charge in [0.2, 0.25) is 0 Å². The summed E-state index contributed by atoms with van der Waals surface area (Å²) in [6, 6.07) is 37.0. The minimum absolute atomic E-state index is 0.0922. The molecule has 4 amide bonds. The van der Waals surface area contributed by atoms with Gasteiger partial charge in [-0.3, -0.25) is 9.59 Å². The van der Waals surface area contributed by atoms with E-state index in [0.717, 1.165) is 11.1 Å². The molecular formula is C38H33N5O4. The maximum atomic E-state index is 13.6. The molecule has 5 aromatic rings. The monoisotopic (exact) mass is 623 g/mol. The number of aromatic hydroxyl groups is 1. The van der Waals surface area contributed by atoms with Gasteiger partial charge in [0.25, 0.3) is 11.8 Å². The van der Waals surface area contributed by atoms with Crippen LogP contribution in [0.1, 0.15) is 46.4 Å². The topological polar surface area (TPSA) is 132 Å². The van der Waals surface area contributed by atoms with E-state index in [1.807, 2.05) is 73.7 Å². The van der Waals surface area contributed by atoms with Crippen molar-refractivity contribution < 1.29 is 19.5 Å². The molecule has 6 rings (SSSR count). The first-order valence-electron chi connectivity index (χ1n) is 15.2. The third-order valence-electron chi connectivity index (χ3n) is 7.81. The molecular weight excluding hydrogens is 590 g/mol. The number of nitrogens with one attached hydrogen (secondary N) is 5. The lowest BCUT2D eigenvalue weighted by atomic mass is 9.97. The van der Waals surface area contributed by atoms with E-state index in [0.29, 0.717) is 51.6 Å². The van der Waals surface area contributed by atoms with Gasteiger partial charge >= 0.3 is 6.03 Å². The van der Waals surface area contributed by atoms with Crippen LogP contribution in [0.2, 0.25) is 0 Å². The van der Waals surface area contributed by atoms with Crippen molar-refractivity contribution in [2.45, 2.75) is 19.4 Å². The summed E-state index contributed by atoms with van der Waals surface area (Å²) >= 11 is 0. The lowest BCUT2D eigenvalue weighted by Crippen LogP contribution is -2.28. The Bertz CT molecular complexity index is 1960. The van der Waals surface area contributed by atoms with Gasteiger partial charge in [-0.1, -0.05) is 79.7 Å². The number of hydrogen-bond acceptors (Lipinski definition) is 5. The molecule has 0 saturated carbocycles. The number of rotatable bonds is 9. The molecule has 9 heteroatoms. The van der Waals surface area contributed by atoms with Crippen molar-refractivity contribution >= 4 is 51.9 Å². The van der Waals surface area contributed by atoms with Crippen LogP contribution in [-0.2, 0) is 4.79 Å². The van der Waals surface area contributed by atoms with E-state index in [4.69, 9.17) is 0 Å². The molecule has 0 fully saturated rings. The number of fused-ring (bicyclic) bond motifs is 1. The van der Waals surface area contributed by atoms with Crippen molar-refractivity contribution in [1.29, 1.82) is 0 Å². The van der Waals surface area contributed by atoms with Crippen molar-refractivity contribution in [3.05, 3.63) is 150 Å². The van der Waals surface area contributed by atoms with Crippen LogP contribution in [0.25, 0.3) is 11.3 Å². The molecule has 0 bridgehead atoms. The third-order valence-corrected chi connectivity index (χ3v) is 7.81. The van der Waals surface area contributed by atoms with Crippen LogP contribution in [0, 0.1) is 0 Å². The first kappa shape index (κ1) is 30.7. The van der Waals surface area contributed by atoms with Crippen molar-refractivity contribution in [3.8, 4) is 5.75 Å². The Morgan fingerprint density at radius 2 is 1.36 bits per heavy atom. The first-order valence-corrected chi connectivity index (χ1v) is 15.2. The Hall–Kier alpha value is -6.35. The second kappa shape index (κ2) is 13.7. The molecule has 0 aliphatic carbocycles. The molecule has 0 saturated heterocycles. The van der Waals surface area contributed by atoms with Crippen LogP contribution in [-0.4, -0.2) is 23.0 Å². The summed E-state index contributed by atoms with van der Waals surface area (Å²) in [5.41, 5.74) is 5.73. The van der Waals surface area contributed by atoms with E-state index >= 15 is 0 Å². The highest BCUT2D eigenvalue weighted by atomic mass is 16.3. The zero-order chi connectivity index (χ0) is 32.8. The van der Waals surface area contributed by atoms with E-state index in [-0.39, 0.29) is 23.6 Å². The van der Waals surface area contributed by atoms with Gasteiger partial charge in [0.15, 0.2) is 0 Å². The van der Waals surface area contributed by atoms with E-state index in [2.05, 4.69) is 26.6 Å². The van der Waals surface area contributed by atoms with E-state index in [1.54, 1.807) is 48.5 Å². The molecule has 0 unspecified atom stereocenters. The van der Waals surface area contributed by atoms with Gasteiger partial charge in [-0.15, -0.1) is 0 Å². The highest BCUT2D eigenvalue weighted by molar-refractivity contribution is 6.37. The summed E-state index contributed by atoms with van der Waals surface area (Å²) in [4.78, 5) is 40.0. The van der Waals surface area contributed by atoms with Crippen molar-refractivity contribution in [3.63, 3.8) is 0 Å². The normalized spacial score (nSPS) is 13.5. The summed E-state index contributed by atoms with van der Waals surface area (Å²) in [7, 11) is 0. The summed E-state index contributed by atoms with van der Waals surface area (Å²) in [5.74, 6) is -0.477. The average molecular weight is 624 g/mol. The SMILES string of the molecule is CC[C@@H](NC(=O)c1ccc2c(c1)/C(=C(/Nc1ccccc1NC(=O)Nc1ccc(O)cc1)c1ccccc1)C(=O)N2)c1ccccc1. The Balaban J connectivity index is 1.34. The molecule has 1 aliphatic heterocycles. The molecule has 47 heavy (non-hydrogen) atoms. The summed E-state index contributed by atoms with van der Waals surface area (Å²) in [6.07, 6.45) is 0.717. The van der Waals surface area contributed by atoms with Gasteiger partial charge in [-0.2, -0.15) is 0 Å². The Kier molecular flexibility index (Phi) is 8.97. The summed E-state index contributed by atoms with van der Waals surface area (Å²) in [5, 5.41) is 24.6. The number of amides is 4. The molecule has 5 aromatic carbocycles. The van der Waals surface area contributed by atoms with Crippen LogP contribution in [0.4, 0.5) is 27.5 Å². The largest absolute Gasteiger partial charge is 0.508 e. The fraction of sp³-hybridized carbons (Fsp3) is 0.0789. The van der Waals surface area contributed by atoms with Gasteiger partial charge in [0.1, 0.15) is 5.75 Å². The second-order valence-electron chi connectivity index (χ2n) is 11.0. The fourth-order valence-electron chi connectivity index (χ4n) is 5.45. The number of carbonyl (C=O) groups excluding carboxylic acids is 3. The molecule has 0 radical (unpaired) electrons. The molecule has 9 nitrogen and oxygen atoms in total. The molecule has 0 aromatic heterocycles. The summed E-state index contributed by atoms with van der Waals surface area (Å²) in [6.45, 7) is 2.02. The molecule has 234 valence electrons. The van der Waals surface area contributed by atoms with Crippen LogP contribution in [0.5, 0.6) is 5.75 Å². The third kappa shape index (κ3) is 6.99. The zero-order valence-electron chi connectivity index (χ0n) is 25.6. The van der Waals surface area contributed by atoms with E-state index in [1.165, 1.54) is 12.1 Å². The maximum Gasteiger partial charge on any atom is 0.323 e. The number of urea groups is 1. The lowest BCUT2D eigenvalue weighted by Gasteiger charge is -2.19. The summed E-state index contributed by atoms with van der Waals surface area (Å²) < 4.78 is 0. The minimum atomic E-state index is -0.487. The second-order valence-corrected chi connectivity index (χ2v) is 11.0. The average Bonchev–Trinajstić information content (AvgIpc) is 3.43. The molecule has 6 N–H and O–H groups in total. The predicted molar refractivity (Wildman–Crippen MR) is 186 cm³/mol. The lowest BCUT2D eigenvalue weighted by molar-refractivity contribution is -0.110. The van der Waals surface area contributed by atoms with Gasteiger partial charge < -0.3 is 31.7 Å². The highest BCUT2D eigenvalue weighted by Crippen LogP contribution is 2.39. The number of phenols is 1. The number of benzene rings is 5. The van der Waals surface area contributed by atoms with E-state index < -0.39 is 6.03 Å². The Morgan fingerprint density at radius 3 is 2.04 bits per heavy atom. The Morgan fingerprint density at radius 1 is 0.723 bits per heavy atom. The van der Waals surface area contributed by atoms with Crippen molar-refractivity contribution in [1.82, 2.24) is 5.32 Å². The number of anilines is 4. The molecule has 1 aliphatic rings. The quantitative estimate of drug-likeness (QED) is 0.0735. The predicted octanol–water partition coefficient (Wildman–Crippen LogP) is 7.85. The van der Waals surface area contributed by atoms with Crippen LogP contribution >= 0.6 is 0 Å². The van der Waals surface area contributed by atoms with Crippen molar-refractivity contribution in [2.75, 3.05) is 21.3 Å². The zero-order valence-corrected chi connectivity index (χ0v) is 25.6. The Labute approximate surface area is 272 Å². The number of carbonyl (C=O) groups is 3. The van der Waals surface area contributed by atoms with Crippen LogP contribution < -0.4 is 26.6 Å². The number of para-hydroxylation sites is 2. The minimum Gasteiger partial charge on any atom is -0.508 e. The van der Waals surface area contributed by atoms with E-state index in [9.17, 15) is 19.5 Å². The number of hydrogen-bond donors (Lipinski definition) is 6. The van der Waals surface area contributed by atoms with Crippen LogP contribution in [0.3, 0.4) is 0 Å². The van der Waals surface area contributed by atoms with Crippen molar-refractivity contribution in [2.24, 2.45) is 0 Å². The van der Waals surface area contributed by atoms with Gasteiger partial charge in [-0.05, 0) is 72.1 Å². The molecule has 1 heterocycles. The maximum absolute atomic E-state index is 13.6. The fourth-order valence-corrected chi connectivity index (χ4v) is 5.45. The van der Waals surface area contributed by atoms with Crippen LogP contribution in [0.15, 0.2) is 127 Å². The van der Waals surface area contributed by atoms with Gasteiger partial charge in [0, 0.05) is 22.5 Å². The smallest absolute Gasteiger partial charge is 0.323 e. The first-order chi connectivity index (χ1) is 22.9. The highest BCUT2D eigenvalue weighted by Gasteiger charge is 2.30. The standard InChI is InChI=1S/C38H33N5O4/c1-2-30(24-11-5-3-6-12-24)41-36(45)26-17-22-31-29(23-26)34(37(46)42-31)35(25-13-7-4-8-14-25)40-32-15-9-10-16-33(32)43-38(47)39-27-18-20-28(44)21-19-27/h3-23,30,40,44H,2H2,1H3,(H,41,45)(H,42,46)(H2,39,43,47)/b35-34-/t30-/m1/s1.